The van der Waals surface area contributed by atoms with E-state index in [9.17, 15) is 9.59 Å². The number of benzene rings is 2. The minimum Gasteiger partial charge on any atom is -0.334 e. The minimum atomic E-state index is -0.312. The first-order chi connectivity index (χ1) is 14.5. The summed E-state index contributed by atoms with van der Waals surface area (Å²) >= 11 is 0. The Morgan fingerprint density at radius 2 is 1.63 bits per heavy atom. The van der Waals surface area contributed by atoms with E-state index in [4.69, 9.17) is 0 Å². The molecule has 0 radical (unpaired) electrons. The highest BCUT2D eigenvalue weighted by Crippen LogP contribution is 2.19. The van der Waals surface area contributed by atoms with Crippen molar-refractivity contribution in [2.24, 2.45) is 0 Å². The van der Waals surface area contributed by atoms with Crippen LogP contribution in [-0.4, -0.2) is 28.3 Å². The van der Waals surface area contributed by atoms with Crippen LogP contribution >= 0.6 is 0 Å². The summed E-state index contributed by atoms with van der Waals surface area (Å²) in [6.07, 6.45) is 1.83. The van der Waals surface area contributed by atoms with Crippen molar-refractivity contribution in [2.45, 2.75) is 20.3 Å². The number of nitrogens with one attached hydrogen (secondary N) is 3. The number of aromatic nitrogens is 2. The molecular weight excluding hydrogens is 378 g/mol. The van der Waals surface area contributed by atoms with Crippen LogP contribution < -0.4 is 16.0 Å². The monoisotopic (exact) mass is 403 g/mol. The third-order valence-electron chi connectivity index (χ3n) is 4.61. The van der Waals surface area contributed by atoms with Crippen molar-refractivity contribution in [2.75, 3.05) is 17.2 Å². The second kappa shape index (κ2) is 9.56. The van der Waals surface area contributed by atoms with Crippen molar-refractivity contribution in [3.8, 4) is 5.69 Å². The minimum absolute atomic E-state index is 0.127. The normalized spacial score (nSPS) is 10.3. The molecule has 3 aromatic rings. The summed E-state index contributed by atoms with van der Waals surface area (Å²) < 4.78 is 1.86. The Bertz CT molecular complexity index is 1040. The van der Waals surface area contributed by atoms with E-state index in [-0.39, 0.29) is 18.4 Å². The lowest BCUT2D eigenvalue weighted by atomic mass is 10.1. The van der Waals surface area contributed by atoms with Crippen molar-refractivity contribution in [3.63, 3.8) is 0 Å². The number of rotatable bonds is 7. The van der Waals surface area contributed by atoms with Crippen LogP contribution in [0.2, 0.25) is 0 Å². The lowest BCUT2D eigenvalue weighted by Gasteiger charge is -2.09. The number of para-hydroxylation sites is 1. The largest absolute Gasteiger partial charge is 0.334 e. The van der Waals surface area contributed by atoms with E-state index >= 15 is 0 Å². The summed E-state index contributed by atoms with van der Waals surface area (Å²) in [6.45, 7) is 7.81. The van der Waals surface area contributed by atoms with Gasteiger partial charge in [0.25, 0.3) is 0 Å². The van der Waals surface area contributed by atoms with E-state index < -0.39 is 0 Å². The lowest BCUT2D eigenvalue weighted by Crippen LogP contribution is -2.28. The average Bonchev–Trinajstić information content (AvgIpc) is 3.02. The molecule has 0 aliphatic heterocycles. The Morgan fingerprint density at radius 3 is 2.27 bits per heavy atom. The number of urea groups is 1. The SMILES string of the molecule is C=CCNC(=O)Nc1ccc(NC(=O)Cc2c(C)nn(-c3ccccc3)c2C)cc1. The van der Waals surface area contributed by atoms with Crippen molar-refractivity contribution >= 4 is 23.3 Å². The van der Waals surface area contributed by atoms with Gasteiger partial charge in [0.15, 0.2) is 0 Å². The molecule has 0 unspecified atom stereocenters. The maximum absolute atomic E-state index is 12.6. The van der Waals surface area contributed by atoms with Crippen molar-refractivity contribution in [3.05, 3.63) is 84.2 Å². The predicted molar refractivity (Wildman–Crippen MR) is 119 cm³/mol. The fourth-order valence-corrected chi connectivity index (χ4v) is 3.09. The topological polar surface area (TPSA) is 88.1 Å². The third-order valence-corrected chi connectivity index (χ3v) is 4.61. The third kappa shape index (κ3) is 5.14. The molecule has 7 heteroatoms. The highest BCUT2D eigenvalue weighted by Gasteiger charge is 2.16. The van der Waals surface area contributed by atoms with Gasteiger partial charge in [0.2, 0.25) is 5.91 Å². The van der Waals surface area contributed by atoms with Gasteiger partial charge in [-0.25, -0.2) is 9.48 Å². The number of hydrogen-bond acceptors (Lipinski definition) is 3. The molecule has 3 amide bonds. The van der Waals surface area contributed by atoms with Gasteiger partial charge in [0.1, 0.15) is 0 Å². The van der Waals surface area contributed by atoms with E-state index in [1.165, 1.54) is 0 Å². The van der Waals surface area contributed by atoms with E-state index in [0.29, 0.717) is 17.9 Å². The van der Waals surface area contributed by atoms with Crippen molar-refractivity contribution in [1.29, 1.82) is 0 Å². The molecule has 7 nitrogen and oxygen atoms in total. The van der Waals surface area contributed by atoms with E-state index in [0.717, 1.165) is 22.6 Å². The van der Waals surface area contributed by atoms with Gasteiger partial charge in [-0.05, 0) is 50.2 Å². The maximum atomic E-state index is 12.6. The standard InChI is InChI=1S/C23H25N5O2/c1-4-14-24-23(30)26-19-12-10-18(11-13-19)25-22(29)15-21-16(2)27-28(17(21)3)20-8-6-5-7-9-20/h4-13H,1,14-15H2,2-3H3,(H,25,29)(H2,24,26,30). The Morgan fingerprint density at radius 1 is 1.00 bits per heavy atom. The smallest absolute Gasteiger partial charge is 0.319 e. The number of hydrogen-bond donors (Lipinski definition) is 3. The summed E-state index contributed by atoms with van der Waals surface area (Å²) in [5.41, 5.74) is 4.93. The average molecular weight is 403 g/mol. The van der Waals surface area contributed by atoms with Gasteiger partial charge >= 0.3 is 6.03 Å². The summed E-state index contributed by atoms with van der Waals surface area (Å²) in [6, 6.07) is 16.5. The van der Waals surface area contributed by atoms with Crippen LogP contribution in [-0.2, 0) is 11.2 Å². The molecule has 3 N–H and O–H groups in total. The van der Waals surface area contributed by atoms with Crippen LogP contribution in [0.3, 0.4) is 0 Å². The fraction of sp³-hybridized carbons (Fsp3) is 0.174. The number of amides is 3. The number of carbonyl (C=O) groups excluding carboxylic acids is 2. The van der Waals surface area contributed by atoms with Crippen LogP contribution in [0.1, 0.15) is 17.0 Å². The molecule has 0 aliphatic carbocycles. The first-order valence-electron chi connectivity index (χ1n) is 9.64. The zero-order valence-corrected chi connectivity index (χ0v) is 17.1. The molecule has 154 valence electrons. The Hall–Kier alpha value is -3.87. The molecule has 1 aromatic heterocycles. The van der Waals surface area contributed by atoms with Crippen LogP contribution in [0.4, 0.5) is 16.2 Å². The van der Waals surface area contributed by atoms with Gasteiger partial charge in [-0.15, -0.1) is 6.58 Å². The Balaban J connectivity index is 1.63. The van der Waals surface area contributed by atoms with Crippen molar-refractivity contribution < 1.29 is 9.59 Å². The van der Waals surface area contributed by atoms with Gasteiger partial charge < -0.3 is 16.0 Å². The maximum Gasteiger partial charge on any atom is 0.319 e. The molecule has 3 rings (SSSR count). The first kappa shape index (κ1) is 20.9. The number of carbonyl (C=O) groups is 2. The van der Waals surface area contributed by atoms with E-state index in [1.807, 2.05) is 48.9 Å². The van der Waals surface area contributed by atoms with Gasteiger partial charge in [0, 0.05) is 29.2 Å². The molecule has 0 atom stereocenters. The summed E-state index contributed by atoms with van der Waals surface area (Å²) in [5.74, 6) is -0.127. The molecule has 1 heterocycles. The van der Waals surface area contributed by atoms with Gasteiger partial charge in [-0.1, -0.05) is 24.3 Å². The molecule has 0 spiro atoms. The zero-order valence-electron chi connectivity index (χ0n) is 17.1. The van der Waals surface area contributed by atoms with Crippen LogP contribution in [0.5, 0.6) is 0 Å². The Kier molecular flexibility index (Phi) is 6.64. The molecule has 2 aromatic carbocycles. The second-order valence-corrected chi connectivity index (χ2v) is 6.82. The van der Waals surface area contributed by atoms with E-state index in [2.05, 4.69) is 27.6 Å². The highest BCUT2D eigenvalue weighted by atomic mass is 16.2. The summed E-state index contributed by atoms with van der Waals surface area (Å²) in [7, 11) is 0. The quantitative estimate of drug-likeness (QED) is 0.522. The molecule has 0 fully saturated rings. The Labute approximate surface area is 175 Å². The fourth-order valence-electron chi connectivity index (χ4n) is 3.09. The summed E-state index contributed by atoms with van der Waals surface area (Å²) in [4.78, 5) is 24.2. The number of nitrogens with zero attached hydrogens (tertiary/aromatic N) is 2. The van der Waals surface area contributed by atoms with Gasteiger partial charge in [0.05, 0.1) is 17.8 Å². The first-order valence-corrected chi connectivity index (χ1v) is 9.64. The highest BCUT2D eigenvalue weighted by molar-refractivity contribution is 5.93. The molecule has 0 saturated heterocycles. The van der Waals surface area contributed by atoms with E-state index in [1.54, 1.807) is 30.3 Å². The number of anilines is 2. The molecule has 0 bridgehead atoms. The van der Waals surface area contributed by atoms with Gasteiger partial charge in [-0.2, -0.15) is 5.10 Å². The molecule has 0 aliphatic rings. The van der Waals surface area contributed by atoms with Crippen LogP contribution in [0.25, 0.3) is 5.69 Å². The van der Waals surface area contributed by atoms with Gasteiger partial charge in [-0.3, -0.25) is 4.79 Å². The van der Waals surface area contributed by atoms with Crippen molar-refractivity contribution in [1.82, 2.24) is 15.1 Å². The zero-order chi connectivity index (χ0) is 21.5. The predicted octanol–water partition coefficient (Wildman–Crippen LogP) is 3.98. The number of aryl methyl sites for hydroxylation is 1. The molecular formula is C23H25N5O2. The molecule has 30 heavy (non-hydrogen) atoms. The molecule has 0 saturated carbocycles. The van der Waals surface area contributed by atoms with Crippen LogP contribution in [0.15, 0.2) is 67.3 Å². The lowest BCUT2D eigenvalue weighted by molar-refractivity contribution is -0.115. The second-order valence-electron chi connectivity index (χ2n) is 6.82. The summed E-state index contributed by atoms with van der Waals surface area (Å²) in [5, 5.41) is 12.8. The van der Waals surface area contributed by atoms with Crippen LogP contribution in [0, 0.1) is 13.8 Å².